The number of nitrogens with zero attached hydrogens (tertiary/aromatic N) is 3. The lowest BCUT2D eigenvalue weighted by atomic mass is 9.93. The quantitative estimate of drug-likeness (QED) is 0.828. The number of nitrogens with one attached hydrogen (secondary N) is 1. The first-order valence-corrected chi connectivity index (χ1v) is 9.56. The van der Waals surface area contributed by atoms with Crippen molar-refractivity contribution in [1.82, 2.24) is 20.4 Å². The molecule has 1 aliphatic heterocycles. The summed E-state index contributed by atoms with van der Waals surface area (Å²) in [5.74, 6) is 0.543. The van der Waals surface area contributed by atoms with Crippen molar-refractivity contribution in [1.29, 1.82) is 0 Å². The summed E-state index contributed by atoms with van der Waals surface area (Å²) in [5, 5.41) is 12.0. The van der Waals surface area contributed by atoms with Crippen LogP contribution in [0.4, 0.5) is 5.13 Å². The van der Waals surface area contributed by atoms with Crippen LogP contribution in [0.1, 0.15) is 42.8 Å². The maximum absolute atomic E-state index is 12.3. The van der Waals surface area contributed by atoms with Crippen LogP contribution in [-0.4, -0.2) is 34.1 Å². The fraction of sp³-hybridized carbons (Fsp3) is 0.500. The van der Waals surface area contributed by atoms with Crippen molar-refractivity contribution >= 4 is 22.4 Å². The third kappa shape index (κ3) is 5.24. The van der Waals surface area contributed by atoms with Crippen LogP contribution in [0.3, 0.4) is 0 Å². The highest BCUT2D eigenvalue weighted by molar-refractivity contribution is 7.15. The smallest absolute Gasteiger partial charge is 0.220 e. The molecule has 0 aliphatic carbocycles. The average molecular weight is 359 g/mol. The molecule has 3 rings (SSSR count). The molecule has 0 saturated carbocycles. The fourth-order valence-electron chi connectivity index (χ4n) is 3.24. The molecule has 3 N–H and O–H groups in total. The first-order valence-electron chi connectivity index (χ1n) is 8.74. The standard InChI is InChI=1S/C18H25N5OS/c1-13(17-21-22-18(19)25-17)20-16(24)11-14-7-9-23(10-8-14)12-15-5-3-2-4-6-15/h2-6,13-14H,7-12H2,1H3,(H2,19,22)(H,20,24). The van der Waals surface area contributed by atoms with Gasteiger partial charge >= 0.3 is 0 Å². The molecular weight excluding hydrogens is 334 g/mol. The molecule has 1 aromatic heterocycles. The normalized spacial score (nSPS) is 17.3. The molecule has 7 heteroatoms. The van der Waals surface area contributed by atoms with Crippen LogP contribution < -0.4 is 11.1 Å². The number of rotatable bonds is 6. The van der Waals surface area contributed by atoms with E-state index in [1.807, 2.05) is 13.0 Å². The van der Waals surface area contributed by atoms with Gasteiger partial charge in [0, 0.05) is 13.0 Å². The summed E-state index contributed by atoms with van der Waals surface area (Å²) in [5.41, 5.74) is 6.94. The Morgan fingerprint density at radius 1 is 1.32 bits per heavy atom. The molecule has 1 fully saturated rings. The van der Waals surface area contributed by atoms with Gasteiger partial charge in [0.15, 0.2) is 0 Å². The van der Waals surface area contributed by atoms with Crippen molar-refractivity contribution in [3.8, 4) is 0 Å². The second-order valence-corrected chi connectivity index (χ2v) is 7.72. The molecule has 25 heavy (non-hydrogen) atoms. The number of hydrogen-bond acceptors (Lipinski definition) is 6. The largest absolute Gasteiger partial charge is 0.374 e. The second kappa shape index (κ2) is 8.40. The predicted molar refractivity (Wildman–Crippen MR) is 99.9 cm³/mol. The highest BCUT2D eigenvalue weighted by Gasteiger charge is 2.23. The number of piperidine rings is 1. The minimum atomic E-state index is -0.138. The van der Waals surface area contributed by atoms with Gasteiger partial charge in [-0.05, 0) is 44.3 Å². The van der Waals surface area contributed by atoms with E-state index in [2.05, 4.69) is 44.7 Å². The first kappa shape index (κ1) is 17.8. The number of benzene rings is 1. The molecule has 0 radical (unpaired) electrons. The Hall–Kier alpha value is -1.99. The van der Waals surface area contributed by atoms with Gasteiger partial charge in [0.25, 0.3) is 0 Å². The topological polar surface area (TPSA) is 84.1 Å². The summed E-state index contributed by atoms with van der Waals surface area (Å²) >= 11 is 1.32. The fourth-order valence-corrected chi connectivity index (χ4v) is 3.85. The van der Waals surface area contributed by atoms with Crippen LogP contribution in [0.2, 0.25) is 0 Å². The number of hydrogen-bond donors (Lipinski definition) is 2. The highest BCUT2D eigenvalue weighted by atomic mass is 32.1. The number of anilines is 1. The van der Waals surface area contributed by atoms with Crippen LogP contribution in [0, 0.1) is 5.92 Å². The maximum atomic E-state index is 12.3. The Bertz CT molecular complexity index is 682. The number of carbonyl (C=O) groups is 1. The van der Waals surface area contributed by atoms with E-state index in [4.69, 9.17) is 5.73 Å². The van der Waals surface area contributed by atoms with Crippen LogP contribution in [0.25, 0.3) is 0 Å². The lowest BCUT2D eigenvalue weighted by Gasteiger charge is -2.31. The summed E-state index contributed by atoms with van der Waals surface area (Å²) in [6.45, 7) is 5.01. The molecule has 0 spiro atoms. The molecule has 2 heterocycles. The van der Waals surface area contributed by atoms with Crippen LogP contribution in [-0.2, 0) is 11.3 Å². The summed E-state index contributed by atoms with van der Waals surface area (Å²) in [6, 6.07) is 10.4. The van der Waals surface area contributed by atoms with E-state index in [0.29, 0.717) is 17.5 Å². The van der Waals surface area contributed by atoms with Crippen molar-refractivity contribution < 1.29 is 4.79 Å². The number of carbonyl (C=O) groups excluding carboxylic acids is 1. The third-order valence-corrected chi connectivity index (χ3v) is 5.57. The zero-order valence-corrected chi connectivity index (χ0v) is 15.3. The molecule has 1 saturated heterocycles. The zero-order chi connectivity index (χ0) is 17.6. The van der Waals surface area contributed by atoms with E-state index >= 15 is 0 Å². The van der Waals surface area contributed by atoms with Gasteiger partial charge in [-0.15, -0.1) is 10.2 Å². The Balaban J connectivity index is 1.40. The molecular formula is C18H25N5OS. The van der Waals surface area contributed by atoms with E-state index in [9.17, 15) is 4.79 Å². The van der Waals surface area contributed by atoms with E-state index in [-0.39, 0.29) is 11.9 Å². The van der Waals surface area contributed by atoms with Crippen LogP contribution in [0.15, 0.2) is 30.3 Å². The zero-order valence-electron chi connectivity index (χ0n) is 14.5. The number of likely N-dealkylation sites (tertiary alicyclic amines) is 1. The average Bonchev–Trinajstić information content (AvgIpc) is 3.04. The van der Waals surface area contributed by atoms with E-state index in [1.165, 1.54) is 16.9 Å². The van der Waals surface area contributed by atoms with E-state index < -0.39 is 0 Å². The van der Waals surface area contributed by atoms with Gasteiger partial charge in [0.2, 0.25) is 11.0 Å². The Morgan fingerprint density at radius 3 is 2.68 bits per heavy atom. The molecule has 134 valence electrons. The molecule has 1 aromatic carbocycles. The minimum Gasteiger partial charge on any atom is -0.374 e. The Morgan fingerprint density at radius 2 is 2.04 bits per heavy atom. The number of nitrogen functional groups attached to an aromatic ring is 1. The van der Waals surface area contributed by atoms with E-state index in [1.54, 1.807) is 0 Å². The van der Waals surface area contributed by atoms with Gasteiger partial charge < -0.3 is 11.1 Å². The third-order valence-electron chi connectivity index (χ3n) is 4.63. The van der Waals surface area contributed by atoms with Crippen molar-refractivity contribution in [3.63, 3.8) is 0 Å². The van der Waals surface area contributed by atoms with Crippen molar-refractivity contribution in [2.24, 2.45) is 5.92 Å². The summed E-state index contributed by atoms with van der Waals surface area (Å²) in [4.78, 5) is 14.7. The van der Waals surface area contributed by atoms with E-state index in [0.717, 1.165) is 37.5 Å². The van der Waals surface area contributed by atoms with Gasteiger partial charge in [0.05, 0.1) is 6.04 Å². The van der Waals surface area contributed by atoms with Crippen LogP contribution in [0.5, 0.6) is 0 Å². The monoisotopic (exact) mass is 359 g/mol. The van der Waals surface area contributed by atoms with Crippen molar-refractivity contribution in [3.05, 3.63) is 40.9 Å². The lowest BCUT2D eigenvalue weighted by molar-refractivity contribution is -0.123. The summed E-state index contributed by atoms with van der Waals surface area (Å²) < 4.78 is 0. The molecule has 2 aromatic rings. The highest BCUT2D eigenvalue weighted by Crippen LogP contribution is 2.23. The molecule has 1 aliphatic rings. The maximum Gasteiger partial charge on any atom is 0.220 e. The molecule has 1 unspecified atom stereocenters. The number of amides is 1. The number of aromatic nitrogens is 2. The Kier molecular flexibility index (Phi) is 5.99. The first-order chi connectivity index (χ1) is 12.1. The summed E-state index contributed by atoms with van der Waals surface area (Å²) in [7, 11) is 0. The predicted octanol–water partition coefficient (Wildman–Crippen LogP) is 2.60. The SMILES string of the molecule is CC(NC(=O)CC1CCN(Cc2ccccc2)CC1)c1nnc(N)s1. The minimum absolute atomic E-state index is 0.0859. The second-order valence-electron chi connectivity index (χ2n) is 6.68. The van der Waals surface area contributed by atoms with Crippen molar-refractivity contribution in [2.45, 2.75) is 38.8 Å². The van der Waals surface area contributed by atoms with Crippen LogP contribution >= 0.6 is 11.3 Å². The van der Waals surface area contributed by atoms with Gasteiger partial charge in [-0.3, -0.25) is 9.69 Å². The van der Waals surface area contributed by atoms with Gasteiger partial charge in [-0.1, -0.05) is 41.7 Å². The molecule has 1 amide bonds. The van der Waals surface area contributed by atoms with Gasteiger partial charge in [-0.2, -0.15) is 0 Å². The number of nitrogens with two attached hydrogens (primary N) is 1. The summed E-state index contributed by atoms with van der Waals surface area (Å²) in [6.07, 6.45) is 2.72. The van der Waals surface area contributed by atoms with Crippen molar-refractivity contribution in [2.75, 3.05) is 18.8 Å². The van der Waals surface area contributed by atoms with Gasteiger partial charge in [-0.25, -0.2) is 0 Å². The molecule has 1 atom stereocenters. The molecule has 6 nitrogen and oxygen atoms in total. The lowest BCUT2D eigenvalue weighted by Crippen LogP contribution is -2.36. The van der Waals surface area contributed by atoms with Gasteiger partial charge in [0.1, 0.15) is 5.01 Å². The Labute approximate surface area is 152 Å². The molecule has 0 bridgehead atoms.